The lowest BCUT2D eigenvalue weighted by Gasteiger charge is -2.29. The molecule has 0 spiro atoms. The first kappa shape index (κ1) is 32.2. The SMILES string of the molecule is CC1(C)c2cc(N(c3cccs3)c3cc4ccccc4c4ccccc34)ccc2-c2ccc(N(c3cccs3)c3cc4ccccc4c4ccccc34)cc21. The van der Waals surface area contributed by atoms with Crippen molar-refractivity contribution in [2.45, 2.75) is 19.3 Å². The van der Waals surface area contributed by atoms with Crippen molar-refractivity contribution in [1.29, 1.82) is 0 Å². The number of hydrogen-bond acceptors (Lipinski definition) is 4. The zero-order valence-electron chi connectivity index (χ0n) is 30.5. The minimum Gasteiger partial charge on any atom is -0.301 e. The number of fused-ring (bicyclic) bond motifs is 9. The molecule has 0 radical (unpaired) electrons. The van der Waals surface area contributed by atoms with Gasteiger partial charge in [-0.3, -0.25) is 0 Å². The maximum Gasteiger partial charge on any atom is 0.0999 e. The van der Waals surface area contributed by atoms with Gasteiger partial charge < -0.3 is 9.80 Å². The smallest absolute Gasteiger partial charge is 0.0999 e. The van der Waals surface area contributed by atoms with Gasteiger partial charge in [0.2, 0.25) is 0 Å². The van der Waals surface area contributed by atoms with E-state index in [0.717, 1.165) is 0 Å². The zero-order chi connectivity index (χ0) is 36.7. The fourth-order valence-corrected chi connectivity index (χ4v) is 10.5. The lowest BCUT2D eigenvalue weighted by atomic mass is 9.82. The van der Waals surface area contributed by atoms with E-state index in [1.54, 1.807) is 22.7 Å². The summed E-state index contributed by atoms with van der Waals surface area (Å²) in [6, 6.07) is 63.0. The third-order valence-electron chi connectivity index (χ3n) is 11.6. The standard InChI is InChI=1S/C51H36N2S2/c1-51(2)45-31-35(52(49-21-11-27-54-49)47-29-33-13-3-5-15-37(33)39-17-7-9-19-43(39)47)23-25-41(45)42-26-24-36(32-46(42)51)53(50-22-12-28-55-50)48-30-34-14-4-6-16-38(34)40-18-8-10-20-44(40)48/h3-32H,1-2H3. The molecule has 0 saturated carbocycles. The van der Waals surface area contributed by atoms with Crippen LogP contribution >= 0.6 is 22.7 Å². The van der Waals surface area contributed by atoms with E-state index in [0.29, 0.717) is 0 Å². The molecule has 2 heterocycles. The van der Waals surface area contributed by atoms with Crippen LogP contribution in [0.2, 0.25) is 0 Å². The third kappa shape index (κ3) is 4.99. The Bertz CT molecular complexity index is 2880. The Morgan fingerprint density at radius 1 is 0.382 bits per heavy atom. The minimum absolute atomic E-state index is 0.226. The summed E-state index contributed by atoms with van der Waals surface area (Å²) in [5.74, 6) is 0. The van der Waals surface area contributed by atoms with Crippen LogP contribution in [0.5, 0.6) is 0 Å². The van der Waals surface area contributed by atoms with Crippen molar-refractivity contribution in [3.05, 3.63) is 192 Å². The Morgan fingerprint density at radius 2 is 0.782 bits per heavy atom. The molecule has 8 aromatic carbocycles. The molecule has 55 heavy (non-hydrogen) atoms. The second-order valence-electron chi connectivity index (χ2n) is 15.0. The monoisotopic (exact) mass is 740 g/mol. The normalized spacial score (nSPS) is 13.1. The predicted octanol–water partition coefficient (Wildman–Crippen LogP) is 15.7. The van der Waals surface area contributed by atoms with Crippen molar-refractivity contribution in [3.63, 3.8) is 0 Å². The second kappa shape index (κ2) is 12.4. The molecule has 0 fully saturated rings. The molecular formula is C51H36N2S2. The summed E-state index contributed by atoms with van der Waals surface area (Å²) in [5.41, 5.74) is 9.83. The highest BCUT2D eigenvalue weighted by Crippen LogP contribution is 2.54. The number of thiophene rings is 2. The van der Waals surface area contributed by atoms with Gasteiger partial charge >= 0.3 is 0 Å². The lowest BCUT2D eigenvalue weighted by Crippen LogP contribution is -2.17. The maximum absolute atomic E-state index is 2.47. The van der Waals surface area contributed by atoms with Crippen LogP contribution in [0.3, 0.4) is 0 Å². The van der Waals surface area contributed by atoms with Crippen molar-refractivity contribution in [2.75, 3.05) is 9.80 Å². The van der Waals surface area contributed by atoms with Gasteiger partial charge in [-0.15, -0.1) is 22.7 Å². The average molecular weight is 741 g/mol. The molecule has 4 heteroatoms. The van der Waals surface area contributed by atoms with E-state index in [2.05, 4.69) is 204 Å². The highest BCUT2D eigenvalue weighted by Gasteiger charge is 2.37. The van der Waals surface area contributed by atoms with Crippen molar-refractivity contribution >= 4 is 98.5 Å². The van der Waals surface area contributed by atoms with E-state index in [-0.39, 0.29) is 5.41 Å². The first-order valence-electron chi connectivity index (χ1n) is 18.8. The van der Waals surface area contributed by atoms with Crippen LogP contribution in [0.25, 0.3) is 54.2 Å². The van der Waals surface area contributed by atoms with Crippen molar-refractivity contribution in [1.82, 2.24) is 0 Å². The highest BCUT2D eigenvalue weighted by atomic mass is 32.1. The van der Waals surface area contributed by atoms with Crippen LogP contribution in [-0.4, -0.2) is 0 Å². The topological polar surface area (TPSA) is 6.48 Å². The number of hydrogen-bond donors (Lipinski definition) is 0. The van der Waals surface area contributed by atoms with E-state index in [1.165, 1.54) is 98.1 Å². The van der Waals surface area contributed by atoms with Crippen molar-refractivity contribution < 1.29 is 0 Å². The average Bonchev–Trinajstić information content (AvgIpc) is 4.01. The van der Waals surface area contributed by atoms with E-state index < -0.39 is 0 Å². The van der Waals surface area contributed by atoms with Gasteiger partial charge in [-0.2, -0.15) is 0 Å². The fraction of sp³-hybridized carbons (Fsp3) is 0.0588. The van der Waals surface area contributed by atoms with E-state index in [1.807, 2.05) is 0 Å². The van der Waals surface area contributed by atoms with Crippen molar-refractivity contribution in [2.24, 2.45) is 0 Å². The first-order chi connectivity index (χ1) is 27.0. The van der Waals surface area contributed by atoms with Crippen LogP contribution in [0.15, 0.2) is 181 Å². The molecular weight excluding hydrogens is 705 g/mol. The maximum atomic E-state index is 2.47. The largest absolute Gasteiger partial charge is 0.301 e. The van der Waals surface area contributed by atoms with Gasteiger partial charge in [0.15, 0.2) is 0 Å². The number of benzene rings is 8. The summed E-state index contributed by atoms with van der Waals surface area (Å²) in [5, 5.41) is 16.8. The molecule has 0 N–H and O–H groups in total. The van der Waals surface area contributed by atoms with Crippen molar-refractivity contribution in [3.8, 4) is 11.1 Å². The molecule has 2 nitrogen and oxygen atoms in total. The molecule has 0 atom stereocenters. The summed E-state index contributed by atoms with van der Waals surface area (Å²) in [7, 11) is 0. The molecule has 11 rings (SSSR count). The van der Waals surface area contributed by atoms with Gasteiger partial charge in [0, 0.05) is 27.6 Å². The molecule has 10 aromatic rings. The molecule has 0 aliphatic heterocycles. The van der Waals surface area contributed by atoms with Gasteiger partial charge in [0.25, 0.3) is 0 Å². The Labute approximate surface area is 328 Å². The number of anilines is 6. The Kier molecular flexibility index (Phi) is 7.28. The van der Waals surface area contributed by atoms with Crippen LogP contribution in [0, 0.1) is 0 Å². The van der Waals surface area contributed by atoms with Gasteiger partial charge in [-0.05, 0) is 126 Å². The third-order valence-corrected chi connectivity index (χ3v) is 13.3. The van der Waals surface area contributed by atoms with Gasteiger partial charge in [0.05, 0.1) is 21.4 Å². The summed E-state index contributed by atoms with van der Waals surface area (Å²) in [6.07, 6.45) is 0. The van der Waals surface area contributed by atoms with Crippen LogP contribution < -0.4 is 9.80 Å². The van der Waals surface area contributed by atoms with E-state index in [4.69, 9.17) is 0 Å². The van der Waals surface area contributed by atoms with Gasteiger partial charge in [-0.1, -0.05) is 123 Å². The molecule has 2 aromatic heterocycles. The van der Waals surface area contributed by atoms with Gasteiger partial charge in [0.1, 0.15) is 0 Å². The quantitative estimate of drug-likeness (QED) is 0.157. The summed E-state index contributed by atoms with van der Waals surface area (Å²) in [6.45, 7) is 4.79. The summed E-state index contributed by atoms with van der Waals surface area (Å²) >= 11 is 3.56. The summed E-state index contributed by atoms with van der Waals surface area (Å²) < 4.78 is 0. The first-order valence-corrected chi connectivity index (χ1v) is 20.6. The van der Waals surface area contributed by atoms with E-state index in [9.17, 15) is 0 Å². The second-order valence-corrected chi connectivity index (χ2v) is 16.8. The van der Waals surface area contributed by atoms with E-state index >= 15 is 0 Å². The van der Waals surface area contributed by atoms with Crippen LogP contribution in [0.1, 0.15) is 25.0 Å². The van der Waals surface area contributed by atoms with Crippen LogP contribution in [-0.2, 0) is 5.41 Å². The molecule has 0 bridgehead atoms. The number of nitrogens with zero attached hydrogens (tertiary/aromatic N) is 2. The Balaban J connectivity index is 1.07. The lowest BCUT2D eigenvalue weighted by molar-refractivity contribution is 0.660. The Morgan fingerprint density at radius 3 is 1.20 bits per heavy atom. The molecule has 0 unspecified atom stereocenters. The minimum atomic E-state index is -0.226. The fourth-order valence-electron chi connectivity index (χ4n) is 9.00. The molecule has 1 aliphatic carbocycles. The van der Waals surface area contributed by atoms with Crippen LogP contribution in [0.4, 0.5) is 32.8 Å². The molecule has 1 aliphatic rings. The summed E-state index contributed by atoms with van der Waals surface area (Å²) in [4.78, 5) is 4.93. The highest BCUT2D eigenvalue weighted by molar-refractivity contribution is 7.14. The molecule has 0 amide bonds. The van der Waals surface area contributed by atoms with Gasteiger partial charge in [-0.25, -0.2) is 0 Å². The Hall–Kier alpha value is -6.20. The number of rotatable bonds is 6. The molecule has 262 valence electrons. The predicted molar refractivity (Wildman–Crippen MR) is 239 cm³/mol. The zero-order valence-corrected chi connectivity index (χ0v) is 32.2. The molecule has 0 saturated heterocycles.